The molecule has 0 bridgehead atoms. The van der Waals surface area contributed by atoms with Gasteiger partial charge >= 0.3 is 0 Å². The first kappa shape index (κ1) is 20.4. The molecule has 2 aromatic rings. The monoisotopic (exact) mass is 406 g/mol. The molecule has 2 N–H and O–H groups in total. The van der Waals surface area contributed by atoms with Crippen LogP contribution in [0.1, 0.15) is 73.5 Å². The summed E-state index contributed by atoms with van der Waals surface area (Å²) in [4.78, 5) is 31.3. The fraction of sp³-hybridized carbons (Fsp3) is 0.458. The number of aromatic nitrogens is 1. The van der Waals surface area contributed by atoms with Crippen molar-refractivity contribution in [1.82, 2.24) is 10.3 Å². The first-order valence-electron chi connectivity index (χ1n) is 10.8. The smallest absolute Gasteiger partial charge is 0.251 e. The van der Waals surface area contributed by atoms with Gasteiger partial charge in [0.05, 0.1) is 6.04 Å². The Kier molecular flexibility index (Phi) is 5.50. The molecular weight excluding hydrogens is 376 g/mol. The number of nitrogens with one attached hydrogen (secondary N) is 2. The van der Waals surface area contributed by atoms with Crippen LogP contribution < -0.4 is 15.5 Å². The van der Waals surface area contributed by atoms with E-state index in [0.29, 0.717) is 11.5 Å². The van der Waals surface area contributed by atoms with Crippen LogP contribution in [-0.4, -0.2) is 29.9 Å². The van der Waals surface area contributed by atoms with E-state index in [0.717, 1.165) is 23.5 Å². The number of carbonyl (C=O) groups excluding carboxylic acids is 2. The van der Waals surface area contributed by atoms with Crippen molar-refractivity contribution in [2.45, 2.75) is 58.0 Å². The molecule has 1 unspecified atom stereocenters. The van der Waals surface area contributed by atoms with Crippen molar-refractivity contribution in [2.24, 2.45) is 5.92 Å². The first-order valence-corrected chi connectivity index (χ1v) is 10.8. The Morgan fingerprint density at radius 3 is 2.53 bits per heavy atom. The number of anilines is 2. The predicted molar refractivity (Wildman–Crippen MR) is 119 cm³/mol. The van der Waals surface area contributed by atoms with Gasteiger partial charge in [-0.3, -0.25) is 9.59 Å². The molecule has 158 valence electrons. The summed E-state index contributed by atoms with van der Waals surface area (Å²) in [5.41, 5.74) is 3.71. The van der Waals surface area contributed by atoms with Crippen molar-refractivity contribution in [2.75, 3.05) is 17.3 Å². The highest BCUT2D eigenvalue weighted by molar-refractivity contribution is 5.97. The molecule has 3 atom stereocenters. The molecular formula is C24H30N4O2. The van der Waals surface area contributed by atoms with Gasteiger partial charge in [0.2, 0.25) is 5.91 Å². The Morgan fingerprint density at radius 2 is 1.97 bits per heavy atom. The largest absolute Gasteiger partial charge is 0.363 e. The van der Waals surface area contributed by atoms with Gasteiger partial charge < -0.3 is 15.5 Å². The summed E-state index contributed by atoms with van der Waals surface area (Å²) in [6.45, 7) is 5.88. The fourth-order valence-electron chi connectivity index (χ4n) is 4.70. The number of pyridine rings is 1. The van der Waals surface area contributed by atoms with Crippen molar-refractivity contribution >= 4 is 23.3 Å². The van der Waals surface area contributed by atoms with Crippen molar-refractivity contribution in [3.63, 3.8) is 0 Å². The molecule has 1 fully saturated rings. The van der Waals surface area contributed by atoms with Gasteiger partial charge in [-0.25, -0.2) is 4.98 Å². The summed E-state index contributed by atoms with van der Waals surface area (Å²) < 4.78 is 0. The highest BCUT2D eigenvalue weighted by atomic mass is 16.2. The second-order valence-corrected chi connectivity index (χ2v) is 8.45. The van der Waals surface area contributed by atoms with E-state index in [2.05, 4.69) is 35.5 Å². The van der Waals surface area contributed by atoms with Gasteiger partial charge in [0.25, 0.3) is 5.91 Å². The molecule has 0 spiro atoms. The first-order chi connectivity index (χ1) is 14.4. The normalized spacial score (nSPS) is 22.9. The van der Waals surface area contributed by atoms with Gasteiger partial charge in [-0.15, -0.1) is 0 Å². The molecule has 1 aromatic heterocycles. The quantitative estimate of drug-likeness (QED) is 0.778. The Balaban J connectivity index is 1.74. The lowest BCUT2D eigenvalue weighted by atomic mass is 9.80. The fourth-order valence-corrected chi connectivity index (χ4v) is 4.70. The maximum Gasteiger partial charge on any atom is 0.251 e. The second-order valence-electron chi connectivity index (χ2n) is 8.45. The number of carbonyl (C=O) groups is 2. The van der Waals surface area contributed by atoms with Gasteiger partial charge in [-0.1, -0.05) is 19.9 Å². The van der Waals surface area contributed by atoms with E-state index in [1.54, 1.807) is 20.0 Å². The molecule has 1 saturated carbocycles. The van der Waals surface area contributed by atoms with Gasteiger partial charge in [0.15, 0.2) is 0 Å². The molecule has 1 aliphatic carbocycles. The Hall–Kier alpha value is -2.89. The third-order valence-electron chi connectivity index (χ3n) is 6.47. The molecule has 2 amide bonds. The standard InChI is InChI=1S/C24H30N4O2/c1-5-20-14(2)23(27-22-11-9-18(13-26-22)16-6-7-16)19-12-17(24(30)25-4)8-10-21(19)28(20)15(3)29/h8-14,16,20,23H,5-7H2,1-4H3,(H,25,30)(H,26,27)/t14-,20?,23+/m0/s1. The van der Waals surface area contributed by atoms with Crippen LogP contribution >= 0.6 is 0 Å². The number of amides is 2. The molecule has 0 radical (unpaired) electrons. The molecule has 2 aliphatic rings. The molecule has 2 heterocycles. The van der Waals surface area contributed by atoms with E-state index in [1.165, 1.54) is 18.4 Å². The van der Waals surface area contributed by atoms with Gasteiger partial charge in [-0.05, 0) is 60.6 Å². The number of fused-ring (bicyclic) bond motifs is 1. The number of nitrogens with zero attached hydrogens (tertiary/aromatic N) is 2. The third kappa shape index (κ3) is 3.66. The molecule has 1 aliphatic heterocycles. The highest BCUT2D eigenvalue weighted by Gasteiger charge is 2.40. The third-order valence-corrected chi connectivity index (χ3v) is 6.47. The summed E-state index contributed by atoms with van der Waals surface area (Å²) in [5, 5.41) is 6.29. The van der Waals surface area contributed by atoms with E-state index in [-0.39, 0.29) is 29.8 Å². The number of hydrogen-bond acceptors (Lipinski definition) is 4. The zero-order chi connectivity index (χ0) is 21.4. The number of rotatable bonds is 5. The van der Waals surface area contributed by atoms with Gasteiger partial charge in [-0.2, -0.15) is 0 Å². The minimum Gasteiger partial charge on any atom is -0.363 e. The average molecular weight is 407 g/mol. The highest BCUT2D eigenvalue weighted by Crippen LogP contribution is 2.44. The van der Waals surface area contributed by atoms with E-state index >= 15 is 0 Å². The maximum absolute atomic E-state index is 12.5. The summed E-state index contributed by atoms with van der Waals surface area (Å²) >= 11 is 0. The van der Waals surface area contributed by atoms with Crippen LogP contribution in [0.3, 0.4) is 0 Å². The lowest BCUT2D eigenvalue weighted by Crippen LogP contribution is -2.49. The second kappa shape index (κ2) is 8.09. The summed E-state index contributed by atoms with van der Waals surface area (Å²) in [5.74, 6) is 1.52. The van der Waals surface area contributed by atoms with Crippen LogP contribution in [0, 0.1) is 5.92 Å². The molecule has 1 aromatic carbocycles. The zero-order valence-corrected chi connectivity index (χ0v) is 18.1. The van der Waals surface area contributed by atoms with Crippen LogP contribution in [0.5, 0.6) is 0 Å². The maximum atomic E-state index is 12.5. The van der Waals surface area contributed by atoms with Gasteiger partial charge in [0.1, 0.15) is 5.82 Å². The Bertz CT molecular complexity index is 952. The molecule has 6 heteroatoms. The van der Waals surface area contributed by atoms with Crippen molar-refractivity contribution < 1.29 is 9.59 Å². The number of hydrogen-bond donors (Lipinski definition) is 2. The van der Waals surface area contributed by atoms with E-state index in [4.69, 9.17) is 0 Å². The lowest BCUT2D eigenvalue weighted by molar-refractivity contribution is -0.117. The minimum atomic E-state index is -0.136. The SMILES string of the molecule is CCC1[C@H](C)[C@@H](Nc2ccc(C3CC3)cn2)c2cc(C(=O)NC)ccc2N1C(C)=O. The average Bonchev–Trinajstić information content (AvgIpc) is 3.60. The van der Waals surface area contributed by atoms with Crippen molar-refractivity contribution in [3.05, 3.63) is 53.2 Å². The van der Waals surface area contributed by atoms with Crippen LogP contribution in [0.25, 0.3) is 0 Å². The van der Waals surface area contributed by atoms with Crippen LogP contribution in [0.2, 0.25) is 0 Å². The molecule has 0 saturated heterocycles. The van der Waals surface area contributed by atoms with E-state index in [9.17, 15) is 9.59 Å². The van der Waals surface area contributed by atoms with Gasteiger partial charge in [0, 0.05) is 43.4 Å². The zero-order valence-electron chi connectivity index (χ0n) is 18.1. The summed E-state index contributed by atoms with van der Waals surface area (Å²) in [6.07, 6.45) is 5.32. The van der Waals surface area contributed by atoms with Crippen LogP contribution in [-0.2, 0) is 4.79 Å². The number of benzene rings is 1. The molecule has 30 heavy (non-hydrogen) atoms. The molecule has 6 nitrogen and oxygen atoms in total. The van der Waals surface area contributed by atoms with E-state index < -0.39 is 0 Å². The van der Waals surface area contributed by atoms with Crippen molar-refractivity contribution in [3.8, 4) is 0 Å². The predicted octanol–water partition coefficient (Wildman–Crippen LogP) is 4.25. The van der Waals surface area contributed by atoms with Crippen molar-refractivity contribution in [1.29, 1.82) is 0 Å². The van der Waals surface area contributed by atoms with Crippen LogP contribution in [0.4, 0.5) is 11.5 Å². The Morgan fingerprint density at radius 1 is 1.20 bits per heavy atom. The lowest BCUT2D eigenvalue weighted by Gasteiger charge is -2.45. The Labute approximate surface area is 178 Å². The summed E-state index contributed by atoms with van der Waals surface area (Å²) in [7, 11) is 1.63. The molecule has 4 rings (SSSR count). The summed E-state index contributed by atoms with van der Waals surface area (Å²) in [6, 6.07) is 9.81. The van der Waals surface area contributed by atoms with Crippen LogP contribution in [0.15, 0.2) is 36.5 Å². The van der Waals surface area contributed by atoms with E-state index in [1.807, 2.05) is 29.3 Å². The minimum absolute atomic E-state index is 0.0213. The topological polar surface area (TPSA) is 74.3 Å².